The molecule has 1 unspecified atom stereocenters. The van der Waals surface area contributed by atoms with E-state index < -0.39 is 0 Å². The minimum absolute atomic E-state index is 0.102. The van der Waals surface area contributed by atoms with Gasteiger partial charge in [-0.15, -0.1) is 0 Å². The molecule has 1 atom stereocenters. The molecule has 1 saturated heterocycles. The topological polar surface area (TPSA) is 85.2 Å². The van der Waals surface area contributed by atoms with Gasteiger partial charge in [-0.2, -0.15) is 10.1 Å². The molecule has 1 N–H and O–H groups in total. The van der Waals surface area contributed by atoms with E-state index >= 15 is 0 Å². The number of methoxy groups -OCH3 is 1. The zero-order valence-corrected chi connectivity index (χ0v) is 14.0. The van der Waals surface area contributed by atoms with Crippen LogP contribution in [0.2, 0.25) is 0 Å². The zero-order chi connectivity index (χ0) is 16.9. The molecule has 0 bridgehead atoms. The highest BCUT2D eigenvalue weighted by Crippen LogP contribution is 2.22. The monoisotopic (exact) mass is 330 g/mol. The number of piperidine rings is 1. The lowest BCUT2D eigenvalue weighted by Gasteiger charge is -2.36. The van der Waals surface area contributed by atoms with Crippen molar-refractivity contribution in [2.24, 2.45) is 7.05 Å². The third kappa shape index (κ3) is 3.64. The van der Waals surface area contributed by atoms with Crippen LogP contribution in [0, 0.1) is 0 Å². The molecule has 0 amide bonds. The van der Waals surface area contributed by atoms with Gasteiger partial charge in [-0.3, -0.25) is 4.79 Å². The Labute approximate surface area is 140 Å². The second kappa shape index (κ2) is 7.29. The average Bonchev–Trinajstić information content (AvgIpc) is 2.63. The van der Waals surface area contributed by atoms with Gasteiger partial charge in [0.25, 0.3) is 5.56 Å². The molecule has 0 radical (unpaired) electrons. The zero-order valence-electron chi connectivity index (χ0n) is 14.0. The standard InChI is InChI=1S/C16H22N6O2/c1-21-15(23)7-6-13(20-21)22-10-4-3-5-12(22)11-18-16-17-9-8-14(19-16)24-2/h6-9,12H,3-5,10-11H2,1-2H3,(H,17,18,19). The van der Waals surface area contributed by atoms with Gasteiger partial charge in [0.05, 0.1) is 7.11 Å². The highest BCUT2D eigenvalue weighted by atomic mass is 16.5. The summed E-state index contributed by atoms with van der Waals surface area (Å²) in [5.41, 5.74) is -0.102. The summed E-state index contributed by atoms with van der Waals surface area (Å²) in [6, 6.07) is 5.35. The second-order valence-corrected chi connectivity index (χ2v) is 5.80. The fourth-order valence-electron chi connectivity index (χ4n) is 2.91. The van der Waals surface area contributed by atoms with Crippen molar-refractivity contribution in [3.63, 3.8) is 0 Å². The summed E-state index contributed by atoms with van der Waals surface area (Å²) in [7, 11) is 3.26. The Kier molecular flexibility index (Phi) is 4.93. The van der Waals surface area contributed by atoms with Gasteiger partial charge in [0, 0.05) is 44.5 Å². The Hall–Kier alpha value is -2.64. The lowest BCUT2D eigenvalue weighted by atomic mass is 10.0. The van der Waals surface area contributed by atoms with E-state index in [0.717, 1.165) is 25.2 Å². The lowest BCUT2D eigenvalue weighted by molar-refractivity contribution is 0.397. The van der Waals surface area contributed by atoms with Crippen LogP contribution in [0.3, 0.4) is 0 Å². The first-order valence-electron chi connectivity index (χ1n) is 8.09. The Morgan fingerprint density at radius 2 is 2.21 bits per heavy atom. The highest BCUT2D eigenvalue weighted by molar-refractivity contribution is 5.40. The van der Waals surface area contributed by atoms with Crippen LogP contribution < -0.4 is 20.5 Å². The molecule has 0 spiro atoms. The van der Waals surface area contributed by atoms with Crippen molar-refractivity contribution in [3.05, 3.63) is 34.7 Å². The van der Waals surface area contributed by atoms with Crippen LogP contribution in [0.25, 0.3) is 0 Å². The van der Waals surface area contributed by atoms with Crippen LogP contribution in [0.15, 0.2) is 29.2 Å². The Morgan fingerprint density at radius 1 is 1.33 bits per heavy atom. The number of aromatic nitrogens is 4. The second-order valence-electron chi connectivity index (χ2n) is 5.80. The number of ether oxygens (including phenoxy) is 1. The number of rotatable bonds is 5. The Morgan fingerprint density at radius 3 is 3.00 bits per heavy atom. The third-order valence-electron chi connectivity index (χ3n) is 4.20. The van der Waals surface area contributed by atoms with Crippen molar-refractivity contribution in [1.29, 1.82) is 0 Å². The third-order valence-corrected chi connectivity index (χ3v) is 4.20. The largest absolute Gasteiger partial charge is 0.481 e. The summed E-state index contributed by atoms with van der Waals surface area (Å²) >= 11 is 0. The molecular weight excluding hydrogens is 308 g/mol. The molecule has 8 heteroatoms. The van der Waals surface area contributed by atoms with Crippen molar-refractivity contribution < 1.29 is 4.74 Å². The summed E-state index contributed by atoms with van der Waals surface area (Å²) in [6.07, 6.45) is 5.02. The SMILES string of the molecule is COc1ccnc(NCC2CCCCN2c2ccc(=O)n(C)n2)n1. The Bertz CT molecular complexity index is 747. The summed E-state index contributed by atoms with van der Waals surface area (Å²) in [5.74, 6) is 1.91. The number of nitrogens with zero attached hydrogens (tertiary/aromatic N) is 5. The van der Waals surface area contributed by atoms with Crippen LogP contribution in [0.5, 0.6) is 5.88 Å². The predicted molar refractivity (Wildman–Crippen MR) is 91.5 cm³/mol. The number of aryl methyl sites for hydroxylation is 1. The van der Waals surface area contributed by atoms with Gasteiger partial charge < -0.3 is 15.0 Å². The quantitative estimate of drug-likeness (QED) is 0.877. The van der Waals surface area contributed by atoms with Crippen molar-refractivity contribution in [1.82, 2.24) is 19.7 Å². The molecule has 0 aliphatic carbocycles. The average molecular weight is 330 g/mol. The van der Waals surface area contributed by atoms with E-state index in [2.05, 4.69) is 25.3 Å². The van der Waals surface area contributed by atoms with Gasteiger partial charge >= 0.3 is 0 Å². The molecule has 128 valence electrons. The van der Waals surface area contributed by atoms with Crippen LogP contribution >= 0.6 is 0 Å². The van der Waals surface area contributed by atoms with Gasteiger partial charge in [0.1, 0.15) is 5.82 Å². The van der Waals surface area contributed by atoms with Crippen molar-refractivity contribution in [2.45, 2.75) is 25.3 Å². The Balaban J connectivity index is 1.72. The molecule has 3 heterocycles. The molecule has 1 aliphatic heterocycles. The van der Waals surface area contributed by atoms with Crippen LogP contribution in [-0.4, -0.2) is 46.0 Å². The first-order chi connectivity index (χ1) is 11.7. The number of nitrogens with one attached hydrogen (secondary N) is 1. The minimum atomic E-state index is -0.102. The maximum atomic E-state index is 11.5. The van der Waals surface area contributed by atoms with Crippen molar-refractivity contribution in [3.8, 4) is 5.88 Å². The highest BCUT2D eigenvalue weighted by Gasteiger charge is 2.24. The maximum absolute atomic E-state index is 11.5. The molecule has 24 heavy (non-hydrogen) atoms. The van der Waals surface area contributed by atoms with E-state index in [1.807, 2.05) is 0 Å². The summed E-state index contributed by atoms with van der Waals surface area (Å²) in [4.78, 5) is 22.3. The molecule has 1 fully saturated rings. The smallest absolute Gasteiger partial charge is 0.266 e. The van der Waals surface area contributed by atoms with Crippen molar-refractivity contribution in [2.75, 3.05) is 30.4 Å². The molecular formula is C16H22N6O2. The van der Waals surface area contributed by atoms with E-state index in [1.54, 1.807) is 38.6 Å². The summed E-state index contributed by atoms with van der Waals surface area (Å²) < 4.78 is 6.49. The fourth-order valence-corrected chi connectivity index (χ4v) is 2.91. The maximum Gasteiger partial charge on any atom is 0.266 e. The van der Waals surface area contributed by atoms with Gasteiger partial charge in [0.2, 0.25) is 11.8 Å². The number of anilines is 2. The molecule has 2 aromatic rings. The minimum Gasteiger partial charge on any atom is -0.481 e. The van der Waals surface area contributed by atoms with Crippen LogP contribution in [0.4, 0.5) is 11.8 Å². The van der Waals surface area contributed by atoms with Crippen LogP contribution in [-0.2, 0) is 7.05 Å². The van der Waals surface area contributed by atoms with E-state index in [4.69, 9.17) is 4.74 Å². The fraction of sp³-hybridized carbons (Fsp3) is 0.500. The summed E-state index contributed by atoms with van der Waals surface area (Å²) in [5, 5.41) is 7.65. The number of hydrogen-bond acceptors (Lipinski definition) is 7. The van der Waals surface area contributed by atoms with Gasteiger partial charge in [0.15, 0.2) is 0 Å². The van der Waals surface area contributed by atoms with Gasteiger partial charge in [-0.25, -0.2) is 9.67 Å². The molecule has 3 rings (SSSR count). The molecule has 8 nitrogen and oxygen atoms in total. The normalized spacial score (nSPS) is 17.6. The van der Waals surface area contributed by atoms with E-state index in [-0.39, 0.29) is 11.6 Å². The number of hydrogen-bond donors (Lipinski definition) is 1. The molecule has 1 aliphatic rings. The molecule has 2 aromatic heterocycles. The first kappa shape index (κ1) is 16.2. The molecule has 0 saturated carbocycles. The van der Waals surface area contributed by atoms with Crippen molar-refractivity contribution >= 4 is 11.8 Å². The van der Waals surface area contributed by atoms with E-state index in [9.17, 15) is 4.79 Å². The van der Waals surface area contributed by atoms with E-state index in [1.165, 1.54) is 11.1 Å². The summed E-state index contributed by atoms with van der Waals surface area (Å²) in [6.45, 7) is 1.63. The predicted octanol–water partition coefficient (Wildman–Crippen LogP) is 1.05. The van der Waals surface area contributed by atoms with Crippen LogP contribution in [0.1, 0.15) is 19.3 Å². The first-order valence-corrected chi connectivity index (χ1v) is 8.09. The van der Waals surface area contributed by atoms with Gasteiger partial charge in [-0.1, -0.05) is 0 Å². The van der Waals surface area contributed by atoms with E-state index in [0.29, 0.717) is 18.4 Å². The lowest BCUT2D eigenvalue weighted by Crippen LogP contribution is -2.45. The molecule has 0 aromatic carbocycles. The van der Waals surface area contributed by atoms with Gasteiger partial charge in [-0.05, 0) is 25.3 Å².